The molecule has 4 aromatic rings. The van der Waals surface area contributed by atoms with Gasteiger partial charge in [0.15, 0.2) is 0 Å². The Hall–Kier alpha value is -3.63. The van der Waals surface area contributed by atoms with Gasteiger partial charge in [0.05, 0.1) is 0 Å². The van der Waals surface area contributed by atoms with Gasteiger partial charge in [0.1, 0.15) is 12.6 Å². The van der Waals surface area contributed by atoms with Crippen LogP contribution in [0.2, 0.25) is 0 Å². The molecule has 0 bridgehead atoms. The van der Waals surface area contributed by atoms with E-state index >= 15 is 0 Å². The van der Waals surface area contributed by atoms with E-state index in [9.17, 15) is 4.79 Å². The zero-order chi connectivity index (χ0) is 20.9. The molecule has 0 unspecified atom stereocenters. The number of hydrogen-bond acceptors (Lipinski definition) is 2. The van der Waals surface area contributed by atoms with Gasteiger partial charge in [-0.15, -0.1) is 0 Å². The topological polar surface area (TPSA) is 45.3 Å². The highest BCUT2D eigenvalue weighted by Gasteiger charge is 2.30. The van der Waals surface area contributed by atoms with E-state index in [1.54, 1.807) is 0 Å². The fourth-order valence-corrected chi connectivity index (χ4v) is 3.78. The zero-order valence-electron chi connectivity index (χ0n) is 16.9. The molecule has 0 aliphatic carbocycles. The predicted molar refractivity (Wildman–Crippen MR) is 120 cm³/mol. The fourth-order valence-electron chi connectivity index (χ4n) is 3.78. The lowest BCUT2D eigenvalue weighted by Crippen LogP contribution is -2.34. The van der Waals surface area contributed by atoms with Crippen molar-refractivity contribution < 1.29 is 9.63 Å². The number of aromatic nitrogens is 1. The summed E-state index contributed by atoms with van der Waals surface area (Å²) in [6.07, 6.45) is 1.30. The molecule has 0 spiro atoms. The summed E-state index contributed by atoms with van der Waals surface area (Å²) in [5.41, 5.74) is 4.99. The Morgan fingerprint density at radius 2 is 1.63 bits per heavy atom. The number of aromatic amines is 1. The molecular formula is C26H24N2O2. The predicted octanol–water partition coefficient (Wildman–Crippen LogP) is 5.71. The Morgan fingerprint density at radius 3 is 2.33 bits per heavy atom. The number of rotatable bonds is 7. The molecular weight excluding hydrogens is 372 g/mol. The van der Waals surface area contributed by atoms with Crippen molar-refractivity contribution in [1.29, 1.82) is 0 Å². The Bertz CT molecular complexity index is 1150. The van der Waals surface area contributed by atoms with Crippen LogP contribution in [-0.4, -0.2) is 16.0 Å². The minimum Gasteiger partial charge on any atom is -0.358 e. The molecule has 0 saturated heterocycles. The standard InChI is InChI=1S/C26H24N2O2/c1-3-24(29)28(30-18-20-12-6-4-7-13-20)26(21-14-8-5-9-15-21)25-19(2)27-23-17-11-10-16-22(23)25/h3-17,26-27H,1,18H2,2H3/t26-/m1/s1. The molecule has 150 valence electrons. The van der Waals surface area contributed by atoms with Crippen molar-refractivity contribution in [3.05, 3.63) is 120 Å². The summed E-state index contributed by atoms with van der Waals surface area (Å²) in [6.45, 7) is 6.01. The van der Waals surface area contributed by atoms with Crippen LogP contribution < -0.4 is 0 Å². The van der Waals surface area contributed by atoms with Gasteiger partial charge in [-0.05, 0) is 30.2 Å². The van der Waals surface area contributed by atoms with Crippen LogP contribution in [0.5, 0.6) is 0 Å². The van der Waals surface area contributed by atoms with Gasteiger partial charge in [0.2, 0.25) is 0 Å². The molecule has 4 rings (SSSR count). The third-order valence-electron chi connectivity index (χ3n) is 5.17. The van der Waals surface area contributed by atoms with Crippen LogP contribution in [0.15, 0.2) is 97.6 Å². The van der Waals surface area contributed by atoms with E-state index in [0.29, 0.717) is 0 Å². The molecule has 3 aromatic carbocycles. The minimum absolute atomic E-state index is 0.283. The lowest BCUT2D eigenvalue weighted by molar-refractivity contribution is -0.197. The van der Waals surface area contributed by atoms with Gasteiger partial charge in [-0.1, -0.05) is 85.4 Å². The number of nitrogens with one attached hydrogen (secondary N) is 1. The lowest BCUT2D eigenvalue weighted by atomic mass is 9.95. The molecule has 0 saturated carbocycles. The van der Waals surface area contributed by atoms with Crippen LogP contribution in [-0.2, 0) is 16.2 Å². The summed E-state index contributed by atoms with van der Waals surface area (Å²) in [6, 6.07) is 27.5. The first-order valence-corrected chi connectivity index (χ1v) is 9.93. The first-order valence-electron chi connectivity index (χ1n) is 9.93. The van der Waals surface area contributed by atoms with Gasteiger partial charge in [-0.2, -0.15) is 0 Å². The highest BCUT2D eigenvalue weighted by Crippen LogP contribution is 2.36. The second-order valence-electron chi connectivity index (χ2n) is 7.15. The Morgan fingerprint density at radius 1 is 1.00 bits per heavy atom. The van der Waals surface area contributed by atoms with Crippen molar-refractivity contribution in [3.63, 3.8) is 0 Å². The van der Waals surface area contributed by atoms with E-state index in [1.807, 2.05) is 85.8 Å². The SMILES string of the molecule is C=CC(=O)N(OCc1ccccc1)[C@H](c1ccccc1)c1c(C)[nH]c2ccccc12. The first kappa shape index (κ1) is 19.7. The molecule has 30 heavy (non-hydrogen) atoms. The maximum absolute atomic E-state index is 13.0. The van der Waals surface area contributed by atoms with Crippen LogP contribution in [0.4, 0.5) is 0 Å². The lowest BCUT2D eigenvalue weighted by Gasteiger charge is -2.31. The number of carbonyl (C=O) groups excluding carboxylic acids is 1. The smallest absolute Gasteiger partial charge is 0.270 e. The second kappa shape index (κ2) is 8.80. The maximum atomic E-state index is 13.0. The molecule has 0 radical (unpaired) electrons. The molecule has 1 atom stereocenters. The largest absolute Gasteiger partial charge is 0.358 e. The van der Waals surface area contributed by atoms with Gasteiger partial charge in [-0.3, -0.25) is 9.63 Å². The number of carbonyl (C=O) groups is 1. The molecule has 0 aliphatic rings. The van der Waals surface area contributed by atoms with Gasteiger partial charge in [-0.25, -0.2) is 5.06 Å². The number of aryl methyl sites for hydroxylation is 1. The number of benzene rings is 3. The van der Waals surface area contributed by atoms with Crippen LogP contribution in [0.25, 0.3) is 10.9 Å². The van der Waals surface area contributed by atoms with Gasteiger partial charge in [0.25, 0.3) is 5.91 Å². The minimum atomic E-state index is -0.420. The number of amides is 1. The third kappa shape index (κ3) is 3.91. The van der Waals surface area contributed by atoms with Crippen molar-refractivity contribution in [2.45, 2.75) is 19.6 Å². The number of hydrogen-bond donors (Lipinski definition) is 1. The maximum Gasteiger partial charge on any atom is 0.270 e. The second-order valence-corrected chi connectivity index (χ2v) is 7.15. The monoisotopic (exact) mass is 396 g/mol. The van der Waals surface area contributed by atoms with Crippen LogP contribution in [0.1, 0.15) is 28.4 Å². The van der Waals surface area contributed by atoms with E-state index in [1.165, 1.54) is 11.1 Å². The molecule has 0 fully saturated rings. The average Bonchev–Trinajstić information content (AvgIpc) is 3.13. The van der Waals surface area contributed by atoms with Crippen molar-refractivity contribution in [2.75, 3.05) is 0 Å². The Labute approximate surface area is 176 Å². The summed E-state index contributed by atoms with van der Waals surface area (Å²) in [5, 5.41) is 2.51. The summed E-state index contributed by atoms with van der Waals surface area (Å²) in [7, 11) is 0. The molecule has 4 nitrogen and oxygen atoms in total. The third-order valence-corrected chi connectivity index (χ3v) is 5.17. The van der Waals surface area contributed by atoms with E-state index in [0.717, 1.165) is 33.3 Å². The van der Waals surface area contributed by atoms with Crippen LogP contribution in [0, 0.1) is 6.92 Å². The highest BCUT2D eigenvalue weighted by molar-refractivity contribution is 5.89. The first-order chi connectivity index (χ1) is 14.7. The highest BCUT2D eigenvalue weighted by atomic mass is 16.7. The Kier molecular flexibility index (Phi) is 5.77. The van der Waals surface area contributed by atoms with Crippen LogP contribution >= 0.6 is 0 Å². The van der Waals surface area contributed by atoms with Crippen molar-refractivity contribution in [1.82, 2.24) is 10.0 Å². The molecule has 1 amide bonds. The summed E-state index contributed by atoms with van der Waals surface area (Å²) in [5.74, 6) is -0.288. The van der Waals surface area contributed by atoms with Crippen molar-refractivity contribution in [2.24, 2.45) is 0 Å². The van der Waals surface area contributed by atoms with Gasteiger partial charge in [0, 0.05) is 22.2 Å². The molecule has 1 N–H and O–H groups in total. The number of para-hydroxylation sites is 1. The van der Waals surface area contributed by atoms with E-state index < -0.39 is 6.04 Å². The van der Waals surface area contributed by atoms with Crippen molar-refractivity contribution >= 4 is 16.8 Å². The van der Waals surface area contributed by atoms with Crippen LogP contribution in [0.3, 0.4) is 0 Å². The average molecular weight is 396 g/mol. The van der Waals surface area contributed by atoms with E-state index in [4.69, 9.17) is 4.84 Å². The van der Waals surface area contributed by atoms with E-state index in [-0.39, 0.29) is 12.5 Å². The number of hydroxylamine groups is 2. The zero-order valence-corrected chi connectivity index (χ0v) is 16.9. The normalized spacial score (nSPS) is 11.9. The number of nitrogens with zero attached hydrogens (tertiary/aromatic N) is 1. The van der Waals surface area contributed by atoms with E-state index in [2.05, 4.69) is 17.6 Å². The quantitative estimate of drug-likeness (QED) is 0.321. The summed E-state index contributed by atoms with van der Waals surface area (Å²) >= 11 is 0. The molecule has 4 heteroatoms. The van der Waals surface area contributed by atoms with Gasteiger partial charge >= 0.3 is 0 Å². The number of fused-ring (bicyclic) bond motifs is 1. The Balaban J connectivity index is 1.83. The molecule has 0 aliphatic heterocycles. The van der Waals surface area contributed by atoms with Crippen molar-refractivity contribution in [3.8, 4) is 0 Å². The van der Waals surface area contributed by atoms with Gasteiger partial charge < -0.3 is 4.98 Å². The fraction of sp³-hybridized carbons (Fsp3) is 0.115. The summed E-state index contributed by atoms with van der Waals surface area (Å²) in [4.78, 5) is 22.5. The summed E-state index contributed by atoms with van der Waals surface area (Å²) < 4.78 is 0. The molecule has 1 heterocycles. The molecule has 1 aromatic heterocycles. The number of H-pyrrole nitrogens is 1.